The Labute approximate surface area is 251 Å². The van der Waals surface area contributed by atoms with Crippen LogP contribution in [0.2, 0.25) is 0 Å². The highest BCUT2D eigenvalue weighted by atomic mass is 79.9. The van der Waals surface area contributed by atoms with Crippen molar-refractivity contribution in [1.82, 2.24) is 14.3 Å². The highest BCUT2D eigenvalue weighted by Gasteiger charge is 2.33. The summed E-state index contributed by atoms with van der Waals surface area (Å²) in [5, 5.41) is 6.82. The molecule has 1 aliphatic rings. The fourth-order valence-corrected chi connectivity index (χ4v) is 7.20. The summed E-state index contributed by atoms with van der Waals surface area (Å²) in [6.45, 7) is 1.77. The maximum atomic E-state index is 14.0. The number of allylic oxidation sites excluding steroid dienone is 1. The number of rotatable bonds is 6. The molecular weight excluding hydrogens is 624 g/mol. The van der Waals surface area contributed by atoms with Crippen LogP contribution in [-0.2, 0) is 9.53 Å². The third kappa shape index (κ3) is 4.90. The number of carbonyl (C=O) groups excluding carboxylic acids is 1. The van der Waals surface area contributed by atoms with E-state index in [2.05, 4.69) is 20.9 Å². The van der Waals surface area contributed by atoms with Crippen LogP contribution < -0.4 is 19.6 Å². The van der Waals surface area contributed by atoms with E-state index in [1.807, 2.05) is 78.3 Å². The Morgan fingerprint density at radius 1 is 1.10 bits per heavy atom. The molecule has 6 rings (SSSR count). The predicted molar refractivity (Wildman–Crippen MR) is 163 cm³/mol. The zero-order chi connectivity index (χ0) is 28.7. The third-order valence-electron chi connectivity index (χ3n) is 6.71. The van der Waals surface area contributed by atoms with Gasteiger partial charge in [0, 0.05) is 22.2 Å². The first-order chi connectivity index (χ1) is 19.9. The molecule has 0 aliphatic carbocycles. The van der Waals surface area contributed by atoms with Crippen molar-refractivity contribution in [1.29, 1.82) is 0 Å². The minimum Gasteiger partial charge on any atom is -0.496 e. The quantitative estimate of drug-likeness (QED) is 0.240. The van der Waals surface area contributed by atoms with E-state index < -0.39 is 12.0 Å². The van der Waals surface area contributed by atoms with Gasteiger partial charge < -0.3 is 9.47 Å². The Morgan fingerprint density at radius 3 is 2.59 bits per heavy atom. The molecule has 5 aromatic rings. The topological polar surface area (TPSA) is 87.7 Å². The van der Waals surface area contributed by atoms with E-state index in [-0.39, 0.29) is 5.56 Å². The SMILES string of the molecule is COC(=O)C1=C(C)N=c2s/c(=C/c3cn(-c4ccccc4)nc3-c3ccc(OC)c(Br)c3)c(=O)n2C1c1cccs1. The van der Waals surface area contributed by atoms with Crippen molar-refractivity contribution in [3.05, 3.63) is 118 Å². The molecule has 1 unspecified atom stereocenters. The summed E-state index contributed by atoms with van der Waals surface area (Å²) >= 11 is 6.34. The minimum atomic E-state index is -0.620. The van der Waals surface area contributed by atoms with Gasteiger partial charge in [-0.05, 0) is 70.7 Å². The smallest absolute Gasteiger partial charge is 0.338 e. The molecule has 41 heavy (non-hydrogen) atoms. The van der Waals surface area contributed by atoms with Crippen molar-refractivity contribution in [2.75, 3.05) is 14.2 Å². The van der Waals surface area contributed by atoms with Gasteiger partial charge in [0.25, 0.3) is 5.56 Å². The number of thiophene rings is 1. The van der Waals surface area contributed by atoms with E-state index in [1.54, 1.807) is 23.3 Å². The molecular formula is C30H23BrN4O4S2. The van der Waals surface area contributed by atoms with Crippen molar-refractivity contribution in [2.24, 2.45) is 4.99 Å². The van der Waals surface area contributed by atoms with Gasteiger partial charge in [0.1, 0.15) is 17.5 Å². The Balaban J connectivity index is 1.56. The van der Waals surface area contributed by atoms with Gasteiger partial charge in [0.15, 0.2) is 4.80 Å². The summed E-state index contributed by atoms with van der Waals surface area (Å²) in [7, 11) is 2.95. The molecule has 0 radical (unpaired) electrons. The number of nitrogens with zero attached hydrogens (tertiary/aromatic N) is 4. The average molecular weight is 648 g/mol. The Bertz CT molecular complexity index is 1990. The molecule has 11 heteroatoms. The monoisotopic (exact) mass is 646 g/mol. The summed E-state index contributed by atoms with van der Waals surface area (Å²) in [5.74, 6) is 0.201. The highest BCUT2D eigenvalue weighted by molar-refractivity contribution is 9.10. The molecule has 3 aromatic heterocycles. The molecule has 1 aliphatic heterocycles. The number of esters is 1. The first-order valence-corrected chi connectivity index (χ1v) is 15.0. The summed E-state index contributed by atoms with van der Waals surface area (Å²) in [5.41, 5.74) is 3.84. The van der Waals surface area contributed by atoms with Gasteiger partial charge in [0.05, 0.1) is 40.2 Å². The van der Waals surface area contributed by atoms with E-state index in [1.165, 1.54) is 29.8 Å². The van der Waals surface area contributed by atoms with Crippen molar-refractivity contribution in [2.45, 2.75) is 13.0 Å². The van der Waals surface area contributed by atoms with Crippen LogP contribution in [0.4, 0.5) is 0 Å². The summed E-state index contributed by atoms with van der Waals surface area (Å²) in [6, 6.07) is 18.7. The molecule has 206 valence electrons. The number of benzene rings is 2. The summed E-state index contributed by atoms with van der Waals surface area (Å²) in [4.78, 5) is 32.9. The van der Waals surface area contributed by atoms with Crippen LogP contribution in [-0.4, -0.2) is 34.5 Å². The van der Waals surface area contributed by atoms with E-state index >= 15 is 0 Å². The van der Waals surface area contributed by atoms with Gasteiger partial charge in [-0.15, -0.1) is 11.3 Å². The first kappa shape index (κ1) is 27.1. The maximum absolute atomic E-state index is 14.0. The average Bonchev–Trinajstić information content (AvgIpc) is 3.73. The summed E-state index contributed by atoms with van der Waals surface area (Å²) < 4.78 is 15.2. The van der Waals surface area contributed by atoms with Crippen LogP contribution in [0.15, 0.2) is 97.8 Å². The van der Waals surface area contributed by atoms with E-state index in [0.29, 0.717) is 32.0 Å². The number of hydrogen-bond acceptors (Lipinski definition) is 8. The molecule has 0 bridgehead atoms. The zero-order valence-corrected chi connectivity index (χ0v) is 25.4. The van der Waals surface area contributed by atoms with Crippen molar-refractivity contribution >= 4 is 50.6 Å². The third-order valence-corrected chi connectivity index (χ3v) is 9.24. The molecule has 0 saturated carbocycles. The number of methoxy groups -OCH3 is 2. The van der Waals surface area contributed by atoms with Gasteiger partial charge in [-0.3, -0.25) is 9.36 Å². The minimum absolute atomic E-state index is 0.240. The standard InChI is InChI=1S/C30H23BrN4O4S2/c1-17-25(29(37)39-3)27(23-10-7-13-40-23)35-28(36)24(41-30(35)32-17)15-19-16-34(20-8-5-4-6-9-20)33-26(19)18-11-12-22(38-2)21(31)14-18/h4-16,27H,1-3H3/b24-15+. The molecule has 0 fully saturated rings. The lowest BCUT2D eigenvalue weighted by Gasteiger charge is -2.22. The van der Waals surface area contributed by atoms with E-state index in [0.717, 1.165) is 26.2 Å². The Kier molecular flexibility index (Phi) is 7.33. The largest absolute Gasteiger partial charge is 0.496 e. The lowest BCUT2D eigenvalue weighted by Crippen LogP contribution is -2.39. The van der Waals surface area contributed by atoms with Crippen LogP contribution in [0.3, 0.4) is 0 Å². The molecule has 0 spiro atoms. The number of hydrogen-bond donors (Lipinski definition) is 0. The van der Waals surface area contributed by atoms with Crippen LogP contribution in [0.25, 0.3) is 23.0 Å². The van der Waals surface area contributed by atoms with E-state index in [4.69, 9.17) is 14.6 Å². The predicted octanol–water partition coefficient (Wildman–Crippen LogP) is 5.09. The van der Waals surface area contributed by atoms with Crippen LogP contribution in [0.5, 0.6) is 5.75 Å². The van der Waals surface area contributed by atoms with Crippen molar-refractivity contribution in [3.8, 4) is 22.7 Å². The number of thiazole rings is 1. The lowest BCUT2D eigenvalue weighted by molar-refractivity contribution is -0.136. The van der Waals surface area contributed by atoms with Crippen molar-refractivity contribution < 1.29 is 14.3 Å². The number of ether oxygens (including phenoxy) is 2. The van der Waals surface area contributed by atoms with Crippen molar-refractivity contribution in [3.63, 3.8) is 0 Å². The molecule has 1 atom stereocenters. The maximum Gasteiger partial charge on any atom is 0.338 e. The van der Waals surface area contributed by atoms with Crippen LogP contribution in [0.1, 0.15) is 23.4 Å². The van der Waals surface area contributed by atoms with Gasteiger partial charge >= 0.3 is 5.97 Å². The summed E-state index contributed by atoms with van der Waals surface area (Å²) in [6.07, 6.45) is 3.75. The molecule has 0 N–H and O–H groups in total. The molecule has 4 heterocycles. The fourth-order valence-electron chi connectivity index (χ4n) is 4.79. The second-order valence-electron chi connectivity index (χ2n) is 9.15. The second-order valence-corrected chi connectivity index (χ2v) is 12.0. The lowest BCUT2D eigenvalue weighted by atomic mass is 10.0. The van der Waals surface area contributed by atoms with Gasteiger partial charge in [-0.2, -0.15) is 5.10 Å². The second kappa shape index (κ2) is 11.1. The Morgan fingerprint density at radius 2 is 1.90 bits per heavy atom. The van der Waals surface area contributed by atoms with Crippen LogP contribution >= 0.6 is 38.6 Å². The van der Waals surface area contributed by atoms with E-state index in [9.17, 15) is 9.59 Å². The number of carbonyl (C=O) groups is 1. The number of aromatic nitrogens is 3. The van der Waals surface area contributed by atoms with Crippen LogP contribution in [0, 0.1) is 0 Å². The van der Waals surface area contributed by atoms with Gasteiger partial charge in [0.2, 0.25) is 0 Å². The molecule has 0 saturated heterocycles. The first-order valence-electron chi connectivity index (χ1n) is 12.5. The number of fused-ring (bicyclic) bond motifs is 1. The zero-order valence-electron chi connectivity index (χ0n) is 22.2. The molecule has 8 nitrogen and oxygen atoms in total. The number of para-hydroxylation sites is 1. The Hall–Kier alpha value is -4.06. The number of halogens is 1. The fraction of sp³-hybridized carbons (Fsp3) is 0.133. The molecule has 0 amide bonds. The highest BCUT2D eigenvalue weighted by Crippen LogP contribution is 2.34. The van der Waals surface area contributed by atoms with Gasteiger partial charge in [-0.25, -0.2) is 14.5 Å². The normalized spacial score (nSPS) is 15.0. The molecule has 2 aromatic carbocycles. The van der Waals surface area contributed by atoms with Gasteiger partial charge in [-0.1, -0.05) is 35.6 Å².